The van der Waals surface area contributed by atoms with E-state index in [4.69, 9.17) is 0 Å². The molecule has 6 heteroatoms. The van der Waals surface area contributed by atoms with E-state index in [0.29, 0.717) is 24.2 Å². The Balaban J connectivity index is 1.73. The number of carbonyl (C=O) groups excluding carboxylic acids is 1. The Morgan fingerprint density at radius 3 is 2.60 bits per heavy atom. The van der Waals surface area contributed by atoms with E-state index in [1.54, 1.807) is 29.9 Å². The molecule has 1 amide bonds. The number of pyridine rings is 1. The highest BCUT2D eigenvalue weighted by molar-refractivity contribution is 5.96. The number of halogens is 1. The van der Waals surface area contributed by atoms with Crippen LogP contribution in [-0.2, 0) is 6.42 Å². The first-order valence-corrected chi connectivity index (χ1v) is 8.06. The molecular weight excluding hydrogens is 319 g/mol. The van der Waals surface area contributed by atoms with Crippen molar-refractivity contribution in [3.8, 4) is 5.69 Å². The van der Waals surface area contributed by atoms with Crippen molar-refractivity contribution in [2.24, 2.45) is 0 Å². The molecule has 5 nitrogen and oxygen atoms in total. The van der Waals surface area contributed by atoms with E-state index in [0.717, 1.165) is 17.1 Å². The highest BCUT2D eigenvalue weighted by Crippen LogP contribution is 2.18. The monoisotopic (exact) mass is 338 g/mol. The molecular formula is C19H19FN4O. The molecule has 0 aliphatic carbocycles. The number of hydrogen-bond acceptors (Lipinski definition) is 3. The Morgan fingerprint density at radius 2 is 1.92 bits per heavy atom. The minimum atomic E-state index is -0.308. The predicted molar refractivity (Wildman–Crippen MR) is 93.3 cm³/mol. The lowest BCUT2D eigenvalue weighted by atomic mass is 10.1. The molecule has 1 N–H and O–H groups in total. The van der Waals surface area contributed by atoms with E-state index in [-0.39, 0.29) is 11.7 Å². The molecule has 0 fully saturated rings. The Morgan fingerprint density at radius 1 is 1.16 bits per heavy atom. The first-order valence-electron chi connectivity index (χ1n) is 8.06. The normalized spacial score (nSPS) is 10.7. The third-order valence-corrected chi connectivity index (χ3v) is 3.98. The van der Waals surface area contributed by atoms with Crippen molar-refractivity contribution >= 4 is 5.91 Å². The van der Waals surface area contributed by atoms with Gasteiger partial charge in [0.05, 0.1) is 22.6 Å². The second-order valence-electron chi connectivity index (χ2n) is 5.76. The van der Waals surface area contributed by atoms with Gasteiger partial charge in [0, 0.05) is 24.9 Å². The zero-order chi connectivity index (χ0) is 17.8. The molecule has 0 spiro atoms. The van der Waals surface area contributed by atoms with Gasteiger partial charge in [0.25, 0.3) is 5.91 Å². The van der Waals surface area contributed by atoms with Crippen molar-refractivity contribution in [1.82, 2.24) is 20.1 Å². The predicted octanol–water partition coefficient (Wildman–Crippen LogP) is 3.00. The molecule has 2 aromatic heterocycles. The largest absolute Gasteiger partial charge is 0.352 e. The summed E-state index contributed by atoms with van der Waals surface area (Å²) in [6.45, 7) is 4.12. The average molecular weight is 338 g/mol. The van der Waals surface area contributed by atoms with E-state index >= 15 is 0 Å². The van der Waals surface area contributed by atoms with Crippen LogP contribution in [0, 0.1) is 19.7 Å². The van der Waals surface area contributed by atoms with Gasteiger partial charge < -0.3 is 5.32 Å². The van der Waals surface area contributed by atoms with E-state index in [9.17, 15) is 9.18 Å². The summed E-state index contributed by atoms with van der Waals surface area (Å²) in [6, 6.07) is 11.7. The van der Waals surface area contributed by atoms with Gasteiger partial charge in [-0.3, -0.25) is 9.78 Å². The third-order valence-electron chi connectivity index (χ3n) is 3.98. The molecule has 0 aliphatic heterocycles. The first-order chi connectivity index (χ1) is 12.1. The van der Waals surface area contributed by atoms with Gasteiger partial charge in [-0.1, -0.05) is 6.07 Å². The van der Waals surface area contributed by atoms with Gasteiger partial charge in [0.15, 0.2) is 0 Å². The topological polar surface area (TPSA) is 59.8 Å². The fourth-order valence-electron chi connectivity index (χ4n) is 2.74. The summed E-state index contributed by atoms with van der Waals surface area (Å²) < 4.78 is 14.8. The molecule has 3 aromatic rings. The van der Waals surface area contributed by atoms with E-state index in [2.05, 4.69) is 15.4 Å². The molecule has 0 unspecified atom stereocenters. The third kappa shape index (κ3) is 3.74. The van der Waals surface area contributed by atoms with Crippen LogP contribution in [0.1, 0.15) is 27.4 Å². The lowest BCUT2D eigenvalue weighted by Crippen LogP contribution is -2.27. The number of rotatable bonds is 5. The zero-order valence-electron chi connectivity index (χ0n) is 14.2. The van der Waals surface area contributed by atoms with Crippen LogP contribution in [0.3, 0.4) is 0 Å². The summed E-state index contributed by atoms with van der Waals surface area (Å²) in [4.78, 5) is 16.8. The molecule has 0 radical (unpaired) electrons. The Hall–Kier alpha value is -3.02. The smallest absolute Gasteiger partial charge is 0.255 e. The maximum Gasteiger partial charge on any atom is 0.255 e. The van der Waals surface area contributed by atoms with Crippen molar-refractivity contribution in [3.63, 3.8) is 0 Å². The van der Waals surface area contributed by atoms with Crippen LogP contribution in [0.2, 0.25) is 0 Å². The molecule has 3 rings (SSSR count). The Kier molecular flexibility index (Phi) is 4.88. The maximum atomic E-state index is 13.1. The molecule has 128 valence electrons. The number of nitrogens with one attached hydrogen (secondary N) is 1. The van der Waals surface area contributed by atoms with E-state index in [1.807, 2.05) is 25.1 Å². The quantitative estimate of drug-likeness (QED) is 0.778. The molecule has 0 bridgehead atoms. The number of benzene rings is 1. The number of aryl methyl sites for hydroxylation is 1. The Bertz CT molecular complexity index is 872. The van der Waals surface area contributed by atoms with Crippen LogP contribution >= 0.6 is 0 Å². The molecule has 2 heterocycles. The zero-order valence-corrected chi connectivity index (χ0v) is 14.2. The van der Waals surface area contributed by atoms with E-state index < -0.39 is 0 Å². The van der Waals surface area contributed by atoms with Gasteiger partial charge in [0.2, 0.25) is 0 Å². The number of aromatic nitrogens is 3. The maximum absolute atomic E-state index is 13.1. The second kappa shape index (κ2) is 7.25. The lowest BCUT2D eigenvalue weighted by Gasteiger charge is -2.07. The van der Waals surface area contributed by atoms with Gasteiger partial charge >= 0.3 is 0 Å². The molecule has 0 saturated carbocycles. The molecule has 0 atom stereocenters. The van der Waals surface area contributed by atoms with Crippen molar-refractivity contribution in [3.05, 3.63) is 77.1 Å². The molecule has 1 aromatic carbocycles. The van der Waals surface area contributed by atoms with Crippen molar-refractivity contribution in [2.75, 3.05) is 6.54 Å². The first kappa shape index (κ1) is 16.8. The summed E-state index contributed by atoms with van der Waals surface area (Å²) >= 11 is 0. The van der Waals surface area contributed by atoms with Gasteiger partial charge in [-0.2, -0.15) is 5.10 Å². The van der Waals surface area contributed by atoms with Crippen LogP contribution in [0.4, 0.5) is 4.39 Å². The van der Waals surface area contributed by atoms with Crippen LogP contribution in [-0.4, -0.2) is 27.2 Å². The van der Waals surface area contributed by atoms with Crippen LogP contribution in [0.15, 0.2) is 48.7 Å². The molecule has 25 heavy (non-hydrogen) atoms. The summed E-state index contributed by atoms with van der Waals surface area (Å²) in [6.07, 6.45) is 2.40. The number of amides is 1. The van der Waals surface area contributed by atoms with Gasteiger partial charge in [0.1, 0.15) is 5.82 Å². The second-order valence-corrected chi connectivity index (χ2v) is 5.76. The lowest BCUT2D eigenvalue weighted by molar-refractivity contribution is 0.0953. The average Bonchev–Trinajstić information content (AvgIpc) is 2.91. The molecule has 0 saturated heterocycles. The van der Waals surface area contributed by atoms with Gasteiger partial charge in [-0.05, 0) is 50.2 Å². The number of carbonyl (C=O) groups is 1. The highest BCUT2D eigenvalue weighted by atomic mass is 19.1. The minimum absolute atomic E-state index is 0.167. The van der Waals surface area contributed by atoms with Gasteiger partial charge in [-0.15, -0.1) is 0 Å². The van der Waals surface area contributed by atoms with Crippen LogP contribution < -0.4 is 5.32 Å². The van der Waals surface area contributed by atoms with Crippen molar-refractivity contribution in [2.45, 2.75) is 20.3 Å². The van der Waals surface area contributed by atoms with Crippen LogP contribution in [0.5, 0.6) is 0 Å². The van der Waals surface area contributed by atoms with Crippen molar-refractivity contribution < 1.29 is 9.18 Å². The summed E-state index contributed by atoms with van der Waals surface area (Å²) in [5.74, 6) is -0.475. The summed E-state index contributed by atoms with van der Waals surface area (Å²) in [7, 11) is 0. The summed E-state index contributed by atoms with van der Waals surface area (Å²) in [5, 5.41) is 7.33. The van der Waals surface area contributed by atoms with Crippen LogP contribution in [0.25, 0.3) is 5.69 Å². The standard InChI is InChI=1S/C19H19FN4O/c1-13-18(19(25)22-12-10-16-5-3-4-11-21-16)14(2)24(23-13)17-8-6-15(20)7-9-17/h3-9,11H,10,12H2,1-2H3,(H,22,25). The van der Waals surface area contributed by atoms with Crippen molar-refractivity contribution in [1.29, 1.82) is 0 Å². The van der Waals surface area contributed by atoms with Gasteiger partial charge in [-0.25, -0.2) is 9.07 Å². The minimum Gasteiger partial charge on any atom is -0.352 e. The summed E-state index contributed by atoms with van der Waals surface area (Å²) in [5.41, 5.74) is 3.55. The fraction of sp³-hybridized carbons (Fsp3) is 0.211. The number of hydrogen-bond donors (Lipinski definition) is 1. The van der Waals surface area contributed by atoms with E-state index in [1.165, 1.54) is 12.1 Å². The fourth-order valence-corrected chi connectivity index (χ4v) is 2.74. The highest BCUT2D eigenvalue weighted by Gasteiger charge is 2.19. The SMILES string of the molecule is Cc1nn(-c2ccc(F)cc2)c(C)c1C(=O)NCCc1ccccn1. The number of nitrogens with zero attached hydrogens (tertiary/aromatic N) is 3. The Labute approximate surface area is 145 Å². The molecule has 0 aliphatic rings.